The lowest BCUT2D eigenvalue weighted by Gasteiger charge is -2.12. The molecule has 1 aliphatic carbocycles. The lowest BCUT2D eigenvalue weighted by molar-refractivity contribution is -0.121. The molecule has 7 heteroatoms. The van der Waals surface area contributed by atoms with Crippen LogP contribution >= 0.6 is 11.6 Å². The van der Waals surface area contributed by atoms with Gasteiger partial charge in [0.1, 0.15) is 0 Å². The summed E-state index contributed by atoms with van der Waals surface area (Å²) in [6.07, 6.45) is 2.24. The van der Waals surface area contributed by atoms with Crippen molar-refractivity contribution in [1.29, 1.82) is 0 Å². The molecule has 0 spiro atoms. The van der Waals surface area contributed by atoms with Crippen molar-refractivity contribution in [3.05, 3.63) is 69.9 Å². The maximum Gasteiger partial charge on any atom is 0.255 e. The molecule has 2 aromatic rings. The summed E-state index contributed by atoms with van der Waals surface area (Å²) < 4.78 is 0. The Balaban J connectivity index is 1.58. The molecule has 0 radical (unpaired) electrons. The molecule has 0 bridgehead atoms. The number of anilines is 2. The van der Waals surface area contributed by atoms with E-state index in [4.69, 9.17) is 11.6 Å². The summed E-state index contributed by atoms with van der Waals surface area (Å²) in [4.78, 5) is 36.1. The summed E-state index contributed by atoms with van der Waals surface area (Å²) in [6.45, 7) is 5.67. The van der Waals surface area contributed by atoms with Gasteiger partial charge < -0.3 is 16.0 Å². The minimum Gasteiger partial charge on any atom is -0.357 e. The number of ketones is 1. The molecule has 2 amide bonds. The number of Topliss-reactive ketones (excluding diaryl/α,β-unsaturated/α-hetero) is 1. The van der Waals surface area contributed by atoms with Crippen molar-refractivity contribution < 1.29 is 14.4 Å². The average molecular weight is 454 g/mol. The van der Waals surface area contributed by atoms with Gasteiger partial charge in [-0.25, -0.2) is 0 Å². The number of allylic oxidation sites excluding steroid dienone is 2. The van der Waals surface area contributed by atoms with Crippen molar-refractivity contribution in [2.75, 3.05) is 10.6 Å². The normalized spacial score (nSPS) is 13.5. The molecule has 0 saturated heterocycles. The SMILES string of the molecule is CC1=C(Nc2ccc(C(=O)Nc3ccc(CCC(=O)NC(C)C)cc3)cc2Cl)CCC1=O. The van der Waals surface area contributed by atoms with E-state index in [1.54, 1.807) is 25.1 Å². The standard InChI is InChI=1S/C25H28ClN3O3/c1-15(2)27-24(31)13-6-17-4-8-19(9-5-17)28-25(32)18-7-10-22(20(26)14-18)29-21-11-12-23(30)16(21)3/h4-5,7-10,14-15,29H,6,11-13H2,1-3H3,(H,27,31)(H,28,32). The molecule has 168 valence electrons. The third kappa shape index (κ3) is 6.20. The van der Waals surface area contributed by atoms with E-state index in [-0.39, 0.29) is 23.6 Å². The molecule has 2 aromatic carbocycles. The van der Waals surface area contributed by atoms with Crippen molar-refractivity contribution in [3.63, 3.8) is 0 Å². The Morgan fingerprint density at radius 1 is 1.06 bits per heavy atom. The van der Waals surface area contributed by atoms with Crippen LogP contribution in [0, 0.1) is 0 Å². The zero-order valence-corrected chi connectivity index (χ0v) is 19.3. The van der Waals surface area contributed by atoms with Crippen LogP contribution in [-0.4, -0.2) is 23.6 Å². The molecule has 6 nitrogen and oxygen atoms in total. The van der Waals surface area contributed by atoms with Crippen LogP contribution in [0.1, 0.15) is 56.0 Å². The molecular weight excluding hydrogens is 426 g/mol. The molecule has 0 unspecified atom stereocenters. The number of hydrogen-bond acceptors (Lipinski definition) is 4. The second-order valence-electron chi connectivity index (χ2n) is 8.22. The molecule has 0 aliphatic heterocycles. The topological polar surface area (TPSA) is 87.3 Å². The van der Waals surface area contributed by atoms with E-state index < -0.39 is 0 Å². The van der Waals surface area contributed by atoms with Crippen molar-refractivity contribution >= 4 is 40.6 Å². The Labute approximate surface area is 193 Å². The van der Waals surface area contributed by atoms with E-state index in [9.17, 15) is 14.4 Å². The molecule has 0 heterocycles. The Kier molecular flexibility index (Phi) is 7.70. The quantitative estimate of drug-likeness (QED) is 0.519. The summed E-state index contributed by atoms with van der Waals surface area (Å²) in [5.74, 6) is -0.100. The molecule has 3 N–H and O–H groups in total. The molecule has 1 aliphatic rings. The van der Waals surface area contributed by atoms with Crippen molar-refractivity contribution in [2.24, 2.45) is 0 Å². The highest BCUT2D eigenvalue weighted by atomic mass is 35.5. The van der Waals surface area contributed by atoms with Gasteiger partial charge in [-0.3, -0.25) is 14.4 Å². The van der Waals surface area contributed by atoms with Crippen LogP contribution in [0.15, 0.2) is 53.7 Å². The Bertz CT molecular complexity index is 1060. The summed E-state index contributed by atoms with van der Waals surface area (Å²) in [6, 6.07) is 12.6. The first-order valence-corrected chi connectivity index (χ1v) is 11.1. The van der Waals surface area contributed by atoms with Gasteiger partial charge in [-0.05, 0) is 69.5 Å². The van der Waals surface area contributed by atoms with E-state index >= 15 is 0 Å². The minimum absolute atomic E-state index is 0.0261. The highest BCUT2D eigenvalue weighted by Gasteiger charge is 2.20. The van der Waals surface area contributed by atoms with Gasteiger partial charge in [0.05, 0.1) is 10.7 Å². The van der Waals surface area contributed by atoms with Crippen LogP contribution < -0.4 is 16.0 Å². The van der Waals surface area contributed by atoms with Gasteiger partial charge in [-0.15, -0.1) is 0 Å². The molecule has 0 saturated carbocycles. The summed E-state index contributed by atoms with van der Waals surface area (Å²) in [5.41, 5.74) is 4.38. The van der Waals surface area contributed by atoms with Gasteiger partial charge >= 0.3 is 0 Å². The summed E-state index contributed by atoms with van der Waals surface area (Å²) in [7, 11) is 0. The number of aryl methyl sites for hydroxylation is 1. The van der Waals surface area contributed by atoms with Crippen LogP contribution in [0.5, 0.6) is 0 Å². The van der Waals surface area contributed by atoms with Gasteiger partial charge in [-0.2, -0.15) is 0 Å². The van der Waals surface area contributed by atoms with Gasteiger partial charge in [0.25, 0.3) is 5.91 Å². The number of carbonyl (C=O) groups is 3. The predicted molar refractivity (Wildman–Crippen MR) is 128 cm³/mol. The first kappa shape index (κ1) is 23.5. The van der Waals surface area contributed by atoms with Crippen LogP contribution in [0.3, 0.4) is 0 Å². The number of nitrogens with one attached hydrogen (secondary N) is 3. The fourth-order valence-electron chi connectivity index (χ4n) is 3.47. The number of amides is 2. The third-order valence-corrected chi connectivity index (χ3v) is 5.60. The molecule has 0 fully saturated rings. The monoisotopic (exact) mass is 453 g/mol. The van der Waals surface area contributed by atoms with E-state index in [2.05, 4.69) is 16.0 Å². The van der Waals surface area contributed by atoms with Crippen molar-refractivity contribution in [2.45, 2.75) is 52.5 Å². The second kappa shape index (κ2) is 10.5. The lowest BCUT2D eigenvalue weighted by atomic mass is 10.1. The van der Waals surface area contributed by atoms with E-state index in [0.717, 1.165) is 16.8 Å². The zero-order valence-electron chi connectivity index (χ0n) is 18.5. The molecule has 0 aromatic heterocycles. The van der Waals surface area contributed by atoms with Crippen LogP contribution in [0.25, 0.3) is 0 Å². The average Bonchev–Trinajstić information content (AvgIpc) is 3.06. The van der Waals surface area contributed by atoms with Crippen LogP contribution in [0.2, 0.25) is 5.02 Å². The van der Waals surface area contributed by atoms with E-state index in [0.29, 0.717) is 47.6 Å². The molecule has 32 heavy (non-hydrogen) atoms. The minimum atomic E-state index is -0.269. The fraction of sp³-hybridized carbons (Fsp3) is 0.320. The van der Waals surface area contributed by atoms with E-state index in [1.165, 1.54) is 0 Å². The number of benzene rings is 2. The van der Waals surface area contributed by atoms with Crippen LogP contribution in [0.4, 0.5) is 11.4 Å². The highest BCUT2D eigenvalue weighted by molar-refractivity contribution is 6.33. The van der Waals surface area contributed by atoms with Gasteiger partial charge in [0.2, 0.25) is 5.91 Å². The Morgan fingerprint density at radius 3 is 2.38 bits per heavy atom. The zero-order chi connectivity index (χ0) is 23.3. The number of rotatable bonds is 8. The predicted octanol–water partition coefficient (Wildman–Crippen LogP) is 5.10. The Morgan fingerprint density at radius 2 is 1.78 bits per heavy atom. The molecule has 3 rings (SSSR count). The maximum atomic E-state index is 12.6. The van der Waals surface area contributed by atoms with Crippen molar-refractivity contribution in [1.82, 2.24) is 5.32 Å². The second-order valence-corrected chi connectivity index (χ2v) is 8.63. The first-order chi connectivity index (χ1) is 15.2. The lowest BCUT2D eigenvalue weighted by Crippen LogP contribution is -2.30. The first-order valence-electron chi connectivity index (χ1n) is 10.7. The van der Waals surface area contributed by atoms with Gasteiger partial charge in [-0.1, -0.05) is 23.7 Å². The van der Waals surface area contributed by atoms with Crippen LogP contribution in [-0.2, 0) is 16.0 Å². The maximum absolute atomic E-state index is 12.6. The van der Waals surface area contributed by atoms with Gasteiger partial charge in [0, 0.05) is 41.4 Å². The molecule has 0 atom stereocenters. The highest BCUT2D eigenvalue weighted by Crippen LogP contribution is 2.29. The van der Waals surface area contributed by atoms with E-state index in [1.807, 2.05) is 38.1 Å². The largest absolute Gasteiger partial charge is 0.357 e. The van der Waals surface area contributed by atoms with Crippen molar-refractivity contribution in [3.8, 4) is 0 Å². The summed E-state index contributed by atoms with van der Waals surface area (Å²) in [5, 5.41) is 9.35. The fourth-order valence-corrected chi connectivity index (χ4v) is 3.70. The molecular formula is C25H28ClN3O3. The number of hydrogen-bond donors (Lipinski definition) is 3. The number of halogens is 1. The third-order valence-electron chi connectivity index (χ3n) is 5.29. The summed E-state index contributed by atoms with van der Waals surface area (Å²) >= 11 is 6.37. The smallest absolute Gasteiger partial charge is 0.255 e. The van der Waals surface area contributed by atoms with Gasteiger partial charge in [0.15, 0.2) is 5.78 Å². The Hall–Kier alpha value is -3.12. The number of carbonyl (C=O) groups excluding carboxylic acids is 3.